The highest BCUT2D eigenvalue weighted by Gasteiger charge is 2.22. The van der Waals surface area contributed by atoms with Crippen LogP contribution in [0.5, 0.6) is 0 Å². The number of nitro benzene ring substituents is 1. The number of nitrogens with zero attached hydrogens (tertiary/aromatic N) is 1. The van der Waals surface area contributed by atoms with E-state index in [0.717, 1.165) is 5.19 Å². The number of hydrogen-bond donors (Lipinski definition) is 1. The van der Waals surface area contributed by atoms with Gasteiger partial charge in [0, 0.05) is 13.0 Å². The summed E-state index contributed by atoms with van der Waals surface area (Å²) in [6.07, 6.45) is 0. The number of anilines is 1. The predicted molar refractivity (Wildman–Crippen MR) is 70.4 cm³/mol. The molecule has 0 radical (unpaired) electrons. The molecule has 6 heteroatoms. The molecule has 1 N–H and O–H groups in total. The first-order valence-electron chi connectivity index (χ1n) is 5.28. The largest absolute Gasteiger partial charge is 0.321 e. The molecule has 1 aromatic rings. The van der Waals surface area contributed by atoms with Crippen molar-refractivity contribution in [3.63, 3.8) is 0 Å². The Balaban J connectivity index is 3.27. The zero-order valence-electron chi connectivity index (χ0n) is 10.4. The van der Waals surface area contributed by atoms with Gasteiger partial charge >= 0.3 is 0 Å². The Morgan fingerprint density at radius 3 is 2.35 bits per heavy atom. The number of nitro groups is 1. The van der Waals surface area contributed by atoms with Crippen molar-refractivity contribution >= 4 is 30.5 Å². The van der Waals surface area contributed by atoms with Gasteiger partial charge in [0.2, 0.25) is 5.91 Å². The Kier molecular flexibility index (Phi) is 3.67. The molecule has 0 saturated heterocycles. The summed E-state index contributed by atoms with van der Waals surface area (Å²) >= 11 is 0. The molecule has 0 heterocycles. The number of carbonyl (C=O) groups is 1. The van der Waals surface area contributed by atoms with Gasteiger partial charge < -0.3 is 5.32 Å². The summed E-state index contributed by atoms with van der Waals surface area (Å²) in [6, 6.07) is 5.02. The summed E-state index contributed by atoms with van der Waals surface area (Å²) in [4.78, 5) is 21.4. The third-order valence-corrected chi connectivity index (χ3v) is 4.41. The van der Waals surface area contributed by atoms with Gasteiger partial charge in [0.15, 0.2) is 0 Å². The third kappa shape index (κ3) is 3.38. The molecule has 0 saturated carbocycles. The zero-order valence-corrected chi connectivity index (χ0v) is 11.4. The topological polar surface area (TPSA) is 72.2 Å². The maximum atomic E-state index is 11.0. The molecule has 0 aliphatic carbocycles. The summed E-state index contributed by atoms with van der Waals surface area (Å²) in [7, 11) is -1.59. The summed E-state index contributed by atoms with van der Waals surface area (Å²) in [5.74, 6) is -0.311. The van der Waals surface area contributed by atoms with Gasteiger partial charge in [0.25, 0.3) is 5.69 Å². The van der Waals surface area contributed by atoms with Crippen molar-refractivity contribution in [2.45, 2.75) is 26.6 Å². The van der Waals surface area contributed by atoms with Crippen LogP contribution in [0.4, 0.5) is 11.4 Å². The third-order valence-electron chi connectivity index (χ3n) is 2.37. The lowest BCUT2D eigenvalue weighted by atomic mass is 10.2. The summed E-state index contributed by atoms with van der Waals surface area (Å²) in [5.41, 5.74) is 0.213. The van der Waals surface area contributed by atoms with Crippen LogP contribution in [0.25, 0.3) is 0 Å². The summed E-state index contributed by atoms with van der Waals surface area (Å²) in [5, 5.41) is 14.4. The summed E-state index contributed by atoms with van der Waals surface area (Å²) < 4.78 is 0. The minimum Gasteiger partial charge on any atom is -0.321 e. The van der Waals surface area contributed by atoms with Gasteiger partial charge in [-0.25, -0.2) is 0 Å². The molecule has 0 aliphatic rings. The van der Waals surface area contributed by atoms with Crippen LogP contribution < -0.4 is 10.5 Å². The summed E-state index contributed by atoms with van der Waals surface area (Å²) in [6.45, 7) is 7.68. The van der Waals surface area contributed by atoms with Gasteiger partial charge in [-0.15, -0.1) is 0 Å². The number of carbonyl (C=O) groups excluding carboxylic acids is 1. The van der Waals surface area contributed by atoms with E-state index in [1.807, 2.05) is 6.07 Å². The maximum absolute atomic E-state index is 11.0. The Labute approximate surface area is 101 Å². The molecular weight excluding hydrogens is 236 g/mol. The average molecular weight is 252 g/mol. The van der Waals surface area contributed by atoms with Crippen molar-refractivity contribution < 1.29 is 9.72 Å². The normalized spacial score (nSPS) is 11.1. The molecule has 5 nitrogen and oxygen atoms in total. The Morgan fingerprint density at radius 1 is 1.35 bits per heavy atom. The van der Waals surface area contributed by atoms with Crippen molar-refractivity contribution in [2.24, 2.45) is 0 Å². The fourth-order valence-corrected chi connectivity index (χ4v) is 2.60. The molecule has 0 unspecified atom stereocenters. The van der Waals surface area contributed by atoms with Gasteiger partial charge in [-0.05, 0) is 6.07 Å². The zero-order chi connectivity index (χ0) is 13.2. The molecule has 0 aliphatic heterocycles. The van der Waals surface area contributed by atoms with Crippen LogP contribution in [-0.4, -0.2) is 18.9 Å². The number of benzene rings is 1. The van der Waals surface area contributed by atoms with Crippen molar-refractivity contribution in [3.05, 3.63) is 28.3 Å². The van der Waals surface area contributed by atoms with Crippen LogP contribution >= 0.6 is 0 Å². The highest BCUT2D eigenvalue weighted by Crippen LogP contribution is 2.23. The molecule has 0 bridgehead atoms. The van der Waals surface area contributed by atoms with Crippen LogP contribution in [0.2, 0.25) is 19.6 Å². The molecule has 1 rings (SSSR count). The molecule has 92 valence electrons. The van der Waals surface area contributed by atoms with Crippen molar-refractivity contribution in [1.82, 2.24) is 0 Å². The van der Waals surface area contributed by atoms with Gasteiger partial charge in [0.1, 0.15) is 5.69 Å². The molecular formula is C11H16N2O3Si. The van der Waals surface area contributed by atoms with Gasteiger partial charge in [-0.1, -0.05) is 30.9 Å². The van der Waals surface area contributed by atoms with Gasteiger partial charge in [-0.2, -0.15) is 0 Å². The van der Waals surface area contributed by atoms with Gasteiger partial charge in [0.05, 0.1) is 13.0 Å². The molecule has 17 heavy (non-hydrogen) atoms. The number of rotatable bonds is 3. The fraction of sp³-hybridized carbons (Fsp3) is 0.364. The number of nitrogens with one attached hydrogen (secondary N) is 1. The first-order chi connectivity index (χ1) is 7.71. The number of amides is 1. The average Bonchev–Trinajstić information content (AvgIpc) is 2.15. The first kappa shape index (κ1) is 13.4. The monoisotopic (exact) mass is 252 g/mol. The second-order valence-electron chi connectivity index (χ2n) is 4.92. The molecule has 1 aromatic carbocycles. The molecule has 0 fully saturated rings. The van der Waals surface area contributed by atoms with E-state index in [2.05, 4.69) is 25.0 Å². The van der Waals surface area contributed by atoms with Crippen LogP contribution in [-0.2, 0) is 4.79 Å². The van der Waals surface area contributed by atoms with E-state index in [0.29, 0.717) is 0 Å². The van der Waals surface area contributed by atoms with Crippen molar-refractivity contribution in [2.75, 3.05) is 5.32 Å². The van der Waals surface area contributed by atoms with Crippen molar-refractivity contribution in [1.29, 1.82) is 0 Å². The van der Waals surface area contributed by atoms with E-state index >= 15 is 0 Å². The maximum Gasteiger partial charge on any atom is 0.292 e. The fourth-order valence-electron chi connectivity index (χ4n) is 1.44. The SMILES string of the molecule is CC(=O)Nc1ccc([Si](C)(C)C)cc1[N+](=O)[O-]. The lowest BCUT2D eigenvalue weighted by Crippen LogP contribution is -2.37. The van der Waals surface area contributed by atoms with E-state index in [1.165, 1.54) is 6.92 Å². The Bertz CT molecular complexity index is 466. The first-order valence-corrected chi connectivity index (χ1v) is 8.78. The van der Waals surface area contributed by atoms with E-state index in [-0.39, 0.29) is 17.3 Å². The molecule has 1 amide bonds. The second kappa shape index (κ2) is 4.66. The minimum absolute atomic E-state index is 0.0416. The molecule has 0 spiro atoms. The lowest BCUT2D eigenvalue weighted by molar-refractivity contribution is -0.383. The number of hydrogen-bond acceptors (Lipinski definition) is 3. The standard InChI is InChI=1S/C11H16N2O3Si/c1-8(14)12-10-6-5-9(17(2,3)4)7-11(10)13(15)16/h5-7H,1-4H3,(H,12,14). The van der Waals surface area contributed by atoms with Crippen LogP contribution in [0.15, 0.2) is 18.2 Å². The Morgan fingerprint density at radius 2 is 1.94 bits per heavy atom. The predicted octanol–water partition coefficient (Wildman–Crippen LogP) is 2.10. The second-order valence-corrected chi connectivity index (χ2v) is 10.00. The van der Waals surface area contributed by atoms with E-state index in [9.17, 15) is 14.9 Å². The van der Waals surface area contributed by atoms with Gasteiger partial charge in [-0.3, -0.25) is 14.9 Å². The van der Waals surface area contributed by atoms with Crippen LogP contribution in [0, 0.1) is 10.1 Å². The highest BCUT2D eigenvalue weighted by atomic mass is 28.3. The minimum atomic E-state index is -1.59. The smallest absolute Gasteiger partial charge is 0.292 e. The van der Waals surface area contributed by atoms with Crippen LogP contribution in [0.1, 0.15) is 6.92 Å². The highest BCUT2D eigenvalue weighted by molar-refractivity contribution is 6.88. The van der Waals surface area contributed by atoms with Crippen LogP contribution in [0.3, 0.4) is 0 Å². The van der Waals surface area contributed by atoms with Crippen molar-refractivity contribution in [3.8, 4) is 0 Å². The lowest BCUT2D eigenvalue weighted by Gasteiger charge is -2.16. The Hall–Kier alpha value is -1.69. The van der Waals surface area contributed by atoms with E-state index in [1.54, 1.807) is 12.1 Å². The van der Waals surface area contributed by atoms with E-state index < -0.39 is 13.0 Å². The molecule has 0 aromatic heterocycles. The van der Waals surface area contributed by atoms with E-state index in [4.69, 9.17) is 0 Å². The molecule has 0 atom stereocenters. The quantitative estimate of drug-likeness (QED) is 0.508.